The minimum Gasteiger partial charge on any atom is -0.318 e. The third-order valence-corrected chi connectivity index (χ3v) is 3.11. The number of hydrogen-bond acceptors (Lipinski definition) is 3. The number of amides is 1. The van der Waals surface area contributed by atoms with E-state index in [1.165, 1.54) is 0 Å². The highest BCUT2D eigenvalue weighted by molar-refractivity contribution is 5.96. The Bertz CT molecular complexity index is 589. The molecule has 0 bridgehead atoms. The Kier molecular flexibility index (Phi) is 5.52. The molecule has 3 N–H and O–H groups in total. The number of halogens is 1. The molecule has 2 aromatic rings. The number of benzene rings is 1. The second kappa shape index (κ2) is 6.74. The minimum atomic E-state index is -0.922. The maximum absolute atomic E-state index is 11.8. The van der Waals surface area contributed by atoms with Gasteiger partial charge in [0.2, 0.25) is 5.91 Å². The van der Waals surface area contributed by atoms with Crippen LogP contribution in [0.4, 0.5) is 5.82 Å². The predicted octanol–water partition coefficient (Wildman–Crippen LogP) is 2.59. The zero-order valence-electron chi connectivity index (χ0n) is 12.4. The zero-order chi connectivity index (χ0) is 14.8. The van der Waals surface area contributed by atoms with E-state index >= 15 is 0 Å². The van der Waals surface area contributed by atoms with Gasteiger partial charge in [-0.3, -0.25) is 9.48 Å². The van der Waals surface area contributed by atoms with Gasteiger partial charge in [0.25, 0.3) is 0 Å². The van der Waals surface area contributed by atoms with Gasteiger partial charge < -0.3 is 11.1 Å². The summed E-state index contributed by atoms with van der Waals surface area (Å²) < 4.78 is 1.81. The number of hydrogen-bond donors (Lipinski definition) is 2. The monoisotopic (exact) mass is 308 g/mol. The van der Waals surface area contributed by atoms with E-state index in [1.54, 1.807) is 19.9 Å². The molecule has 2 rings (SSSR count). The van der Waals surface area contributed by atoms with E-state index in [9.17, 15) is 4.79 Å². The molecule has 0 fully saturated rings. The minimum absolute atomic E-state index is 0. The summed E-state index contributed by atoms with van der Waals surface area (Å²) in [6, 6.07) is 11.9. The zero-order valence-corrected chi connectivity index (χ0v) is 13.2. The average Bonchev–Trinajstić information content (AvgIpc) is 2.86. The Labute approximate surface area is 130 Å². The Hall–Kier alpha value is -1.85. The summed E-state index contributed by atoms with van der Waals surface area (Å²) >= 11 is 0. The lowest BCUT2D eigenvalue weighted by molar-refractivity contribution is -0.120. The molecule has 0 aliphatic heterocycles. The third-order valence-electron chi connectivity index (χ3n) is 3.11. The number of nitrogens with one attached hydrogen (secondary N) is 1. The van der Waals surface area contributed by atoms with Gasteiger partial charge in [-0.2, -0.15) is 5.10 Å². The summed E-state index contributed by atoms with van der Waals surface area (Å²) in [5.74, 6) is 0.256. The number of nitrogens with two attached hydrogens (primary N) is 1. The lowest BCUT2D eigenvalue weighted by atomic mass is 10.1. The summed E-state index contributed by atoms with van der Waals surface area (Å²) in [4.78, 5) is 11.8. The van der Waals surface area contributed by atoms with Gasteiger partial charge in [-0.1, -0.05) is 30.3 Å². The highest BCUT2D eigenvalue weighted by atomic mass is 35.5. The van der Waals surface area contributed by atoms with Crippen LogP contribution < -0.4 is 11.1 Å². The van der Waals surface area contributed by atoms with Crippen molar-refractivity contribution < 1.29 is 4.79 Å². The predicted molar refractivity (Wildman–Crippen MR) is 86.6 cm³/mol. The Morgan fingerprint density at radius 3 is 2.48 bits per heavy atom. The van der Waals surface area contributed by atoms with E-state index in [0.29, 0.717) is 5.82 Å². The van der Waals surface area contributed by atoms with E-state index in [-0.39, 0.29) is 24.4 Å². The van der Waals surface area contributed by atoms with Crippen molar-refractivity contribution in [3.8, 4) is 0 Å². The molecule has 1 unspecified atom stereocenters. The van der Waals surface area contributed by atoms with Gasteiger partial charge in [-0.15, -0.1) is 12.4 Å². The van der Waals surface area contributed by atoms with Crippen molar-refractivity contribution in [2.75, 3.05) is 5.32 Å². The van der Waals surface area contributed by atoms with Crippen molar-refractivity contribution in [3.05, 3.63) is 48.2 Å². The standard InChI is InChI=1S/C15H20N4O.ClH/c1-11(12-7-5-4-6-8-12)19-10-9-13(18-19)17-14(20)15(2,3)16;/h4-11H,16H2,1-3H3,(H,17,18,20);1H. The highest BCUT2D eigenvalue weighted by Crippen LogP contribution is 2.18. The summed E-state index contributed by atoms with van der Waals surface area (Å²) in [5.41, 5.74) is 5.98. The first kappa shape index (κ1) is 17.2. The van der Waals surface area contributed by atoms with Crippen LogP contribution in [0.25, 0.3) is 0 Å². The molecule has 1 atom stereocenters. The van der Waals surface area contributed by atoms with Crippen molar-refractivity contribution in [2.24, 2.45) is 5.73 Å². The smallest absolute Gasteiger partial charge is 0.245 e. The molecule has 0 aliphatic carbocycles. The first-order valence-corrected chi connectivity index (χ1v) is 6.58. The number of aromatic nitrogens is 2. The summed E-state index contributed by atoms with van der Waals surface area (Å²) in [6.45, 7) is 5.37. The third kappa shape index (κ3) is 4.31. The van der Waals surface area contributed by atoms with Crippen molar-refractivity contribution in [2.45, 2.75) is 32.4 Å². The summed E-state index contributed by atoms with van der Waals surface area (Å²) in [5, 5.41) is 7.08. The fourth-order valence-electron chi connectivity index (χ4n) is 1.78. The van der Waals surface area contributed by atoms with E-state index < -0.39 is 5.54 Å². The molecule has 0 radical (unpaired) electrons. The molecule has 1 heterocycles. The Morgan fingerprint density at radius 2 is 1.90 bits per heavy atom. The largest absolute Gasteiger partial charge is 0.318 e. The van der Waals surface area contributed by atoms with Gasteiger partial charge in [0.15, 0.2) is 5.82 Å². The molecule has 0 spiro atoms. The van der Waals surface area contributed by atoms with Crippen molar-refractivity contribution >= 4 is 24.1 Å². The van der Waals surface area contributed by atoms with Gasteiger partial charge in [0, 0.05) is 12.3 Å². The molecule has 114 valence electrons. The molecule has 0 saturated carbocycles. The lowest BCUT2D eigenvalue weighted by Crippen LogP contribution is -2.45. The second-order valence-corrected chi connectivity index (χ2v) is 5.44. The SMILES string of the molecule is CC(c1ccccc1)n1ccc(NC(=O)C(C)(C)N)n1.Cl. The average molecular weight is 309 g/mol. The van der Waals surface area contributed by atoms with Crippen molar-refractivity contribution in [1.82, 2.24) is 9.78 Å². The number of rotatable bonds is 4. The van der Waals surface area contributed by atoms with E-state index in [0.717, 1.165) is 5.56 Å². The van der Waals surface area contributed by atoms with Crippen LogP contribution in [0.1, 0.15) is 32.4 Å². The number of anilines is 1. The van der Waals surface area contributed by atoms with Gasteiger partial charge in [-0.05, 0) is 26.3 Å². The van der Waals surface area contributed by atoms with Gasteiger partial charge in [0.05, 0.1) is 11.6 Å². The van der Waals surface area contributed by atoms with E-state index in [4.69, 9.17) is 5.73 Å². The lowest BCUT2D eigenvalue weighted by Gasteiger charge is -2.16. The second-order valence-electron chi connectivity index (χ2n) is 5.44. The maximum Gasteiger partial charge on any atom is 0.245 e. The van der Waals surface area contributed by atoms with E-state index in [2.05, 4.69) is 17.3 Å². The molecule has 0 aliphatic rings. The molecule has 21 heavy (non-hydrogen) atoms. The van der Waals surface area contributed by atoms with Crippen LogP contribution in [-0.2, 0) is 4.79 Å². The van der Waals surface area contributed by atoms with Gasteiger partial charge >= 0.3 is 0 Å². The molecule has 0 saturated heterocycles. The summed E-state index contributed by atoms with van der Waals surface area (Å²) in [7, 11) is 0. The fraction of sp³-hybridized carbons (Fsp3) is 0.333. The van der Waals surface area contributed by atoms with Crippen LogP contribution in [0, 0.1) is 0 Å². The van der Waals surface area contributed by atoms with Crippen LogP contribution in [0.15, 0.2) is 42.6 Å². The van der Waals surface area contributed by atoms with Crippen LogP contribution >= 0.6 is 12.4 Å². The molecule has 5 nitrogen and oxygen atoms in total. The highest BCUT2D eigenvalue weighted by Gasteiger charge is 2.22. The Morgan fingerprint density at radius 1 is 1.29 bits per heavy atom. The van der Waals surface area contributed by atoms with Crippen LogP contribution in [0.3, 0.4) is 0 Å². The number of carbonyl (C=O) groups excluding carboxylic acids is 1. The van der Waals surface area contributed by atoms with Crippen LogP contribution in [0.5, 0.6) is 0 Å². The normalized spacial score (nSPS) is 12.4. The molecule has 1 aromatic carbocycles. The number of nitrogens with zero attached hydrogens (tertiary/aromatic N) is 2. The molecular formula is C15H21ClN4O. The van der Waals surface area contributed by atoms with Gasteiger partial charge in [-0.25, -0.2) is 0 Å². The summed E-state index contributed by atoms with van der Waals surface area (Å²) in [6.07, 6.45) is 1.84. The topological polar surface area (TPSA) is 72.9 Å². The first-order valence-electron chi connectivity index (χ1n) is 6.58. The van der Waals surface area contributed by atoms with Crippen LogP contribution in [0.2, 0.25) is 0 Å². The van der Waals surface area contributed by atoms with E-state index in [1.807, 2.05) is 41.2 Å². The molecule has 1 aromatic heterocycles. The van der Waals surface area contributed by atoms with Crippen molar-refractivity contribution in [3.63, 3.8) is 0 Å². The quantitative estimate of drug-likeness (QED) is 0.912. The first-order chi connectivity index (χ1) is 9.38. The Balaban J connectivity index is 0.00000220. The molecular weight excluding hydrogens is 288 g/mol. The molecule has 1 amide bonds. The maximum atomic E-state index is 11.8. The van der Waals surface area contributed by atoms with Crippen LogP contribution in [-0.4, -0.2) is 21.2 Å². The van der Waals surface area contributed by atoms with Crippen molar-refractivity contribution in [1.29, 1.82) is 0 Å². The molecule has 6 heteroatoms. The fourth-order valence-corrected chi connectivity index (χ4v) is 1.78. The van der Waals surface area contributed by atoms with Gasteiger partial charge in [0.1, 0.15) is 0 Å². The number of carbonyl (C=O) groups is 1.